The smallest absolute Gasteiger partial charge is 0.191 e. The lowest BCUT2D eigenvalue weighted by Crippen LogP contribution is -2.45. The van der Waals surface area contributed by atoms with Crippen LogP contribution in [-0.2, 0) is 9.84 Å². The zero-order chi connectivity index (χ0) is 14.3. The molecule has 20 heavy (non-hydrogen) atoms. The van der Waals surface area contributed by atoms with E-state index >= 15 is 0 Å². The lowest BCUT2D eigenvalue weighted by Gasteiger charge is -2.28. The van der Waals surface area contributed by atoms with Crippen molar-refractivity contribution in [2.45, 2.75) is 45.6 Å². The number of nitrogens with one attached hydrogen (secondary N) is 2. The normalized spacial score (nSPS) is 23.9. The fourth-order valence-corrected chi connectivity index (χ4v) is 2.66. The van der Waals surface area contributed by atoms with Crippen LogP contribution in [0.1, 0.15) is 39.5 Å². The first-order chi connectivity index (χ1) is 8.90. The van der Waals surface area contributed by atoms with E-state index in [0.717, 1.165) is 31.3 Å². The van der Waals surface area contributed by atoms with Gasteiger partial charge in [-0.1, -0.05) is 6.92 Å². The summed E-state index contributed by atoms with van der Waals surface area (Å²) in [4.78, 5) is 4.33. The topological polar surface area (TPSA) is 70.6 Å². The Bertz CT molecular complexity index is 390. The van der Waals surface area contributed by atoms with Gasteiger partial charge in [-0.3, -0.25) is 4.99 Å². The highest BCUT2D eigenvalue weighted by molar-refractivity contribution is 14.0. The van der Waals surface area contributed by atoms with Gasteiger partial charge in [-0.25, -0.2) is 8.42 Å². The van der Waals surface area contributed by atoms with Gasteiger partial charge in [0.15, 0.2) is 5.96 Å². The van der Waals surface area contributed by atoms with Gasteiger partial charge in [0.2, 0.25) is 0 Å². The minimum Gasteiger partial charge on any atom is -0.357 e. The van der Waals surface area contributed by atoms with Crippen molar-refractivity contribution in [2.75, 3.05) is 25.1 Å². The van der Waals surface area contributed by atoms with Gasteiger partial charge in [-0.15, -0.1) is 24.0 Å². The third-order valence-electron chi connectivity index (χ3n) is 3.43. The van der Waals surface area contributed by atoms with Crippen LogP contribution in [0.25, 0.3) is 0 Å². The van der Waals surface area contributed by atoms with E-state index < -0.39 is 9.84 Å². The zero-order valence-electron chi connectivity index (χ0n) is 12.7. The van der Waals surface area contributed by atoms with Gasteiger partial charge >= 0.3 is 0 Å². The molecule has 120 valence electrons. The Morgan fingerprint density at radius 3 is 2.35 bits per heavy atom. The van der Waals surface area contributed by atoms with E-state index in [2.05, 4.69) is 22.5 Å². The van der Waals surface area contributed by atoms with Crippen LogP contribution in [0.3, 0.4) is 0 Å². The van der Waals surface area contributed by atoms with Crippen LogP contribution in [0.15, 0.2) is 4.99 Å². The molecule has 0 amide bonds. The molecule has 1 aliphatic rings. The largest absolute Gasteiger partial charge is 0.357 e. The maximum absolute atomic E-state index is 11.1. The molecular formula is C13H28IN3O2S. The van der Waals surface area contributed by atoms with E-state index in [1.165, 1.54) is 19.1 Å². The summed E-state index contributed by atoms with van der Waals surface area (Å²) in [7, 11) is -2.94. The molecule has 0 aromatic heterocycles. The molecule has 0 radical (unpaired) electrons. The van der Waals surface area contributed by atoms with E-state index in [-0.39, 0.29) is 29.7 Å². The van der Waals surface area contributed by atoms with Crippen molar-refractivity contribution in [3.63, 3.8) is 0 Å². The summed E-state index contributed by atoms with van der Waals surface area (Å²) < 4.78 is 22.2. The first kappa shape index (κ1) is 19.9. The first-order valence-electron chi connectivity index (χ1n) is 7.13. The molecule has 0 spiro atoms. The predicted octanol–water partition coefficient (Wildman–Crippen LogP) is 1.78. The second kappa shape index (κ2) is 9.81. The highest BCUT2D eigenvalue weighted by Gasteiger charge is 2.18. The molecule has 0 unspecified atom stereocenters. The van der Waals surface area contributed by atoms with E-state index in [4.69, 9.17) is 0 Å². The minimum atomic E-state index is -2.94. The third-order valence-corrected chi connectivity index (χ3v) is 4.36. The summed E-state index contributed by atoms with van der Waals surface area (Å²) in [6.45, 7) is 5.41. The van der Waals surface area contributed by atoms with E-state index in [9.17, 15) is 8.42 Å². The van der Waals surface area contributed by atoms with Crippen molar-refractivity contribution in [3.8, 4) is 0 Å². The van der Waals surface area contributed by atoms with Gasteiger partial charge in [-0.05, 0) is 38.5 Å². The number of nitrogens with zero attached hydrogens (tertiary/aromatic N) is 1. The number of hydrogen-bond acceptors (Lipinski definition) is 3. The molecule has 2 N–H and O–H groups in total. The summed E-state index contributed by atoms with van der Waals surface area (Å²) in [6, 6.07) is 0.465. The van der Waals surface area contributed by atoms with Gasteiger partial charge in [0, 0.05) is 18.8 Å². The Hall–Kier alpha value is -0.0500. The maximum atomic E-state index is 11.1. The molecule has 0 aromatic carbocycles. The molecular weight excluding hydrogens is 389 g/mol. The van der Waals surface area contributed by atoms with Gasteiger partial charge in [-0.2, -0.15) is 0 Å². The Kier molecular flexibility index (Phi) is 9.78. The average molecular weight is 417 g/mol. The quantitative estimate of drug-likeness (QED) is 0.407. The summed E-state index contributed by atoms with van der Waals surface area (Å²) in [5, 5.41) is 6.58. The van der Waals surface area contributed by atoms with Crippen LogP contribution >= 0.6 is 24.0 Å². The summed E-state index contributed by atoms with van der Waals surface area (Å²) in [5.41, 5.74) is 0. The van der Waals surface area contributed by atoms with Crippen LogP contribution in [-0.4, -0.2) is 45.5 Å². The second-order valence-electron chi connectivity index (χ2n) is 5.49. The highest BCUT2D eigenvalue weighted by Crippen LogP contribution is 2.23. The molecule has 0 bridgehead atoms. The van der Waals surface area contributed by atoms with E-state index in [0.29, 0.717) is 12.6 Å². The van der Waals surface area contributed by atoms with Crippen LogP contribution < -0.4 is 10.6 Å². The van der Waals surface area contributed by atoms with Crippen molar-refractivity contribution in [2.24, 2.45) is 10.9 Å². The second-order valence-corrected chi connectivity index (χ2v) is 7.75. The fraction of sp³-hybridized carbons (Fsp3) is 0.923. The fourth-order valence-electron chi connectivity index (χ4n) is 2.24. The number of sulfone groups is 1. The van der Waals surface area contributed by atoms with Crippen LogP contribution in [0.2, 0.25) is 0 Å². The van der Waals surface area contributed by atoms with Gasteiger partial charge < -0.3 is 10.6 Å². The SMILES string of the molecule is CCNC(=NCCS(C)(=O)=O)NC1CCC(C)CC1.I. The predicted molar refractivity (Wildman–Crippen MR) is 95.7 cm³/mol. The number of halogens is 1. The molecule has 0 heterocycles. The molecule has 0 aliphatic heterocycles. The number of rotatable bonds is 5. The van der Waals surface area contributed by atoms with Crippen molar-refractivity contribution in [1.29, 1.82) is 0 Å². The van der Waals surface area contributed by atoms with Crippen molar-refractivity contribution in [3.05, 3.63) is 0 Å². The molecule has 5 nitrogen and oxygen atoms in total. The minimum absolute atomic E-state index is 0. The van der Waals surface area contributed by atoms with Gasteiger partial charge in [0.1, 0.15) is 9.84 Å². The van der Waals surface area contributed by atoms with Crippen molar-refractivity contribution < 1.29 is 8.42 Å². The van der Waals surface area contributed by atoms with Gasteiger partial charge in [0.05, 0.1) is 12.3 Å². The monoisotopic (exact) mass is 417 g/mol. The van der Waals surface area contributed by atoms with Gasteiger partial charge in [0.25, 0.3) is 0 Å². The molecule has 7 heteroatoms. The van der Waals surface area contributed by atoms with Crippen LogP contribution in [0.5, 0.6) is 0 Å². The van der Waals surface area contributed by atoms with Crippen molar-refractivity contribution in [1.82, 2.24) is 10.6 Å². The Balaban J connectivity index is 0.00000361. The zero-order valence-corrected chi connectivity index (χ0v) is 15.8. The molecule has 1 rings (SSSR count). The lowest BCUT2D eigenvalue weighted by molar-refractivity contribution is 0.329. The number of aliphatic imine (C=N–C) groups is 1. The molecule has 1 aliphatic carbocycles. The summed E-state index contributed by atoms with van der Waals surface area (Å²) >= 11 is 0. The summed E-state index contributed by atoms with van der Waals surface area (Å²) in [5.74, 6) is 1.67. The first-order valence-corrected chi connectivity index (χ1v) is 9.19. The Morgan fingerprint density at radius 2 is 1.85 bits per heavy atom. The molecule has 0 saturated heterocycles. The Morgan fingerprint density at radius 1 is 1.25 bits per heavy atom. The van der Waals surface area contributed by atoms with E-state index in [1.54, 1.807) is 0 Å². The van der Waals surface area contributed by atoms with E-state index in [1.807, 2.05) is 6.92 Å². The molecule has 1 saturated carbocycles. The molecule has 0 atom stereocenters. The molecule has 1 fully saturated rings. The highest BCUT2D eigenvalue weighted by atomic mass is 127. The number of hydrogen-bond donors (Lipinski definition) is 2. The third kappa shape index (κ3) is 8.99. The van der Waals surface area contributed by atoms with Crippen LogP contribution in [0.4, 0.5) is 0 Å². The molecule has 0 aromatic rings. The maximum Gasteiger partial charge on any atom is 0.191 e. The van der Waals surface area contributed by atoms with Crippen molar-refractivity contribution >= 4 is 39.8 Å². The Labute approximate surface area is 140 Å². The number of guanidine groups is 1. The lowest BCUT2D eigenvalue weighted by atomic mass is 9.87. The summed E-state index contributed by atoms with van der Waals surface area (Å²) in [6.07, 6.45) is 6.07. The standard InChI is InChI=1S/C13H27N3O2S.HI/c1-4-14-13(15-9-10-19(3,17)18)16-12-7-5-11(2)6-8-12;/h11-12H,4-10H2,1-3H3,(H2,14,15,16);1H. The average Bonchev–Trinajstić information content (AvgIpc) is 2.30. The van der Waals surface area contributed by atoms with Crippen LogP contribution in [0, 0.1) is 5.92 Å².